The molecule has 2 amide bonds. The second kappa shape index (κ2) is 6.51. The van der Waals surface area contributed by atoms with E-state index in [-0.39, 0.29) is 0 Å². The number of fused-ring (bicyclic) bond motifs is 1. The molecule has 1 aromatic rings. The first-order chi connectivity index (χ1) is 12.2. The molecule has 26 heavy (non-hydrogen) atoms. The third-order valence-electron chi connectivity index (χ3n) is 4.33. The van der Waals surface area contributed by atoms with Crippen molar-refractivity contribution < 1.29 is 23.9 Å². The van der Waals surface area contributed by atoms with E-state index >= 15 is 0 Å². The van der Waals surface area contributed by atoms with Gasteiger partial charge in [-0.3, -0.25) is 0 Å². The van der Waals surface area contributed by atoms with Crippen LogP contribution in [0.25, 0.3) is 0 Å². The number of benzene rings is 1. The van der Waals surface area contributed by atoms with Gasteiger partial charge in [0, 0.05) is 0 Å². The van der Waals surface area contributed by atoms with Crippen molar-refractivity contribution in [3.05, 3.63) is 35.9 Å². The first-order valence-corrected chi connectivity index (χ1v) is 8.48. The molecule has 0 bridgehead atoms. The molecule has 0 spiro atoms. The molecule has 8 heteroatoms. The second-order valence-corrected chi connectivity index (χ2v) is 7.36. The van der Waals surface area contributed by atoms with Crippen molar-refractivity contribution in [1.29, 1.82) is 0 Å². The van der Waals surface area contributed by atoms with Crippen molar-refractivity contribution in [3.8, 4) is 0 Å². The van der Waals surface area contributed by atoms with Crippen molar-refractivity contribution >= 4 is 17.9 Å². The minimum atomic E-state index is -1.01. The molecule has 0 saturated carbocycles. The smallest absolute Gasteiger partial charge is 0.433 e. The van der Waals surface area contributed by atoms with Crippen LogP contribution < -0.4 is 5.43 Å². The summed E-state index contributed by atoms with van der Waals surface area (Å²) in [5.74, 6) is 0. The molecule has 0 aliphatic carbocycles. The van der Waals surface area contributed by atoms with Crippen molar-refractivity contribution in [2.45, 2.75) is 58.0 Å². The molecule has 2 atom stereocenters. The number of ether oxygens (including phenoxy) is 2. The summed E-state index contributed by atoms with van der Waals surface area (Å²) in [6.07, 6.45) is -1.24. The predicted octanol–water partition coefficient (Wildman–Crippen LogP) is 2.98. The summed E-state index contributed by atoms with van der Waals surface area (Å²) in [4.78, 5) is 29.8. The van der Waals surface area contributed by atoms with E-state index in [0.29, 0.717) is 18.6 Å². The molecule has 3 rings (SSSR count). The fourth-order valence-corrected chi connectivity index (χ4v) is 3.08. The van der Waals surface area contributed by atoms with E-state index in [1.807, 2.05) is 30.3 Å². The molecule has 1 aromatic carbocycles. The summed E-state index contributed by atoms with van der Waals surface area (Å²) >= 11 is 0. The maximum atomic E-state index is 12.3. The Labute approximate surface area is 152 Å². The lowest BCUT2D eigenvalue weighted by molar-refractivity contribution is -0.0917. The number of hydrogen-bond acceptors (Lipinski definition) is 6. The lowest BCUT2D eigenvalue weighted by Gasteiger charge is -2.33. The van der Waals surface area contributed by atoms with Crippen LogP contribution in [-0.4, -0.2) is 40.3 Å². The largest absolute Gasteiger partial charge is 0.443 e. The Hall–Kier alpha value is -2.77. The molecular weight excluding hydrogens is 338 g/mol. The van der Waals surface area contributed by atoms with Crippen LogP contribution in [0.1, 0.15) is 39.7 Å². The van der Waals surface area contributed by atoms with Gasteiger partial charge in [-0.05, 0) is 46.1 Å². The topological polar surface area (TPSA) is 89.5 Å². The van der Waals surface area contributed by atoms with Crippen LogP contribution in [0.3, 0.4) is 0 Å². The Balaban J connectivity index is 1.82. The highest BCUT2D eigenvalue weighted by Crippen LogP contribution is 2.39. The summed E-state index contributed by atoms with van der Waals surface area (Å²) in [7, 11) is 0. The molecule has 1 fully saturated rings. The number of carbonyl (C=O) groups is 2. The number of nitrogens with one attached hydrogen (secondary N) is 1. The fraction of sp³-hybridized carbons (Fsp3) is 0.500. The van der Waals surface area contributed by atoms with Crippen LogP contribution in [0, 0.1) is 0 Å². The summed E-state index contributed by atoms with van der Waals surface area (Å²) in [5.41, 5.74) is 2.45. The van der Waals surface area contributed by atoms with Crippen molar-refractivity contribution in [1.82, 2.24) is 10.4 Å². The quantitative estimate of drug-likeness (QED) is 0.890. The van der Waals surface area contributed by atoms with Gasteiger partial charge in [0.15, 0.2) is 5.54 Å². The lowest BCUT2D eigenvalue weighted by Crippen LogP contribution is -2.61. The van der Waals surface area contributed by atoms with Gasteiger partial charge in [-0.1, -0.05) is 35.5 Å². The van der Waals surface area contributed by atoms with Gasteiger partial charge in [0.05, 0.1) is 5.71 Å². The van der Waals surface area contributed by atoms with Gasteiger partial charge in [0.25, 0.3) is 0 Å². The molecule has 2 aliphatic heterocycles. The summed E-state index contributed by atoms with van der Waals surface area (Å²) in [5, 5.41) is 5.12. The number of carbonyl (C=O) groups excluding carboxylic acids is 2. The Morgan fingerprint density at radius 3 is 2.69 bits per heavy atom. The van der Waals surface area contributed by atoms with E-state index in [4.69, 9.17) is 14.3 Å². The summed E-state index contributed by atoms with van der Waals surface area (Å²) in [6, 6.07) is 9.83. The first-order valence-electron chi connectivity index (χ1n) is 8.48. The van der Waals surface area contributed by atoms with Gasteiger partial charge in [0.2, 0.25) is 0 Å². The van der Waals surface area contributed by atoms with E-state index in [1.165, 1.54) is 0 Å². The maximum absolute atomic E-state index is 12.3. The van der Waals surface area contributed by atoms with Gasteiger partial charge in [-0.2, -0.15) is 5.01 Å². The number of hydrazine groups is 1. The highest BCUT2D eigenvalue weighted by molar-refractivity contribution is 5.97. The number of nitrogens with zero attached hydrogens (tertiary/aromatic N) is 2. The zero-order valence-corrected chi connectivity index (χ0v) is 15.3. The van der Waals surface area contributed by atoms with Crippen molar-refractivity contribution in [2.75, 3.05) is 0 Å². The van der Waals surface area contributed by atoms with Gasteiger partial charge in [0.1, 0.15) is 5.60 Å². The van der Waals surface area contributed by atoms with Crippen LogP contribution in [0.2, 0.25) is 0 Å². The summed E-state index contributed by atoms with van der Waals surface area (Å²) in [6.45, 7) is 6.98. The van der Waals surface area contributed by atoms with E-state index in [0.717, 1.165) is 10.6 Å². The maximum Gasteiger partial charge on any atom is 0.433 e. The molecule has 140 valence electrons. The monoisotopic (exact) mass is 361 g/mol. The van der Waals surface area contributed by atoms with E-state index < -0.39 is 29.6 Å². The van der Waals surface area contributed by atoms with Gasteiger partial charge in [-0.15, -0.1) is 0 Å². The van der Waals surface area contributed by atoms with Gasteiger partial charge in [-0.25, -0.2) is 15.0 Å². The standard InChI is InChI=1S/C18H23N3O5/c1-12-18(11-10-13-8-6-5-7-9-13)14(26-20-12)24-16(23)21(18)19-15(22)25-17(2,3)4/h5-9,14H,10-11H2,1-4H3,(H,19,22)/t14-,18+/m1/s1. The average Bonchev–Trinajstić information content (AvgIpc) is 3.00. The van der Waals surface area contributed by atoms with E-state index in [1.54, 1.807) is 27.7 Å². The Kier molecular flexibility index (Phi) is 4.52. The highest BCUT2D eigenvalue weighted by Gasteiger charge is 2.63. The minimum absolute atomic E-state index is 0.471. The Morgan fingerprint density at radius 1 is 1.35 bits per heavy atom. The third kappa shape index (κ3) is 3.31. The van der Waals surface area contributed by atoms with Crippen molar-refractivity contribution in [2.24, 2.45) is 5.16 Å². The normalized spacial score (nSPS) is 24.5. The van der Waals surface area contributed by atoms with Crippen LogP contribution in [0.4, 0.5) is 9.59 Å². The lowest BCUT2D eigenvalue weighted by atomic mass is 9.87. The predicted molar refractivity (Wildman–Crippen MR) is 93.2 cm³/mol. The number of amides is 2. The molecule has 2 heterocycles. The molecule has 1 saturated heterocycles. The number of aryl methyl sites for hydroxylation is 1. The van der Waals surface area contributed by atoms with E-state index in [2.05, 4.69) is 10.6 Å². The minimum Gasteiger partial charge on any atom is -0.443 e. The first kappa shape index (κ1) is 18.0. The van der Waals surface area contributed by atoms with Crippen molar-refractivity contribution in [3.63, 3.8) is 0 Å². The fourth-order valence-electron chi connectivity index (χ4n) is 3.08. The number of oxime groups is 1. The van der Waals surface area contributed by atoms with Crippen LogP contribution >= 0.6 is 0 Å². The van der Waals surface area contributed by atoms with Crippen LogP contribution in [0.15, 0.2) is 35.5 Å². The SMILES string of the molecule is CC1=NO[C@H]2OC(=O)N(NC(=O)OC(C)(C)C)[C@@]12CCc1ccccc1. The summed E-state index contributed by atoms with van der Waals surface area (Å²) < 4.78 is 10.5. The molecule has 0 unspecified atom stereocenters. The van der Waals surface area contributed by atoms with Crippen LogP contribution in [0.5, 0.6) is 0 Å². The average molecular weight is 361 g/mol. The Morgan fingerprint density at radius 2 is 2.04 bits per heavy atom. The molecule has 0 aromatic heterocycles. The second-order valence-electron chi connectivity index (χ2n) is 7.36. The Bertz CT molecular complexity index is 728. The van der Waals surface area contributed by atoms with Gasteiger partial charge >= 0.3 is 18.5 Å². The zero-order valence-electron chi connectivity index (χ0n) is 15.3. The zero-order chi connectivity index (χ0) is 18.9. The number of hydrogen-bond donors (Lipinski definition) is 1. The molecular formula is C18H23N3O5. The van der Waals surface area contributed by atoms with E-state index in [9.17, 15) is 9.59 Å². The van der Waals surface area contributed by atoms with Gasteiger partial charge < -0.3 is 14.3 Å². The molecule has 0 radical (unpaired) electrons. The molecule has 2 aliphatic rings. The molecule has 8 nitrogen and oxygen atoms in total. The molecule has 1 N–H and O–H groups in total. The van der Waals surface area contributed by atoms with Crippen LogP contribution in [-0.2, 0) is 20.7 Å². The highest BCUT2D eigenvalue weighted by atomic mass is 16.8. The number of rotatable bonds is 4. The third-order valence-corrected chi connectivity index (χ3v) is 4.33.